The Balaban J connectivity index is 0.00000180. The number of carboxylic acid groups (broad SMARTS) is 1. The van der Waals surface area contributed by atoms with Crippen molar-refractivity contribution in [1.29, 1.82) is 0 Å². The van der Waals surface area contributed by atoms with Crippen molar-refractivity contribution in [2.45, 2.75) is 12.0 Å². The molecule has 0 radical (unpaired) electrons. The standard InChI is InChI=1S/C15H14O3.Cs/c16-14(15(17)18)13(11-7-3-1-4-8-11)12-9-5-2-6-10-12;/h1-10,13-14,16H,(H,17,18);/q;+1/p-1/t14-;/m0./s1. The Bertz CT molecular complexity index is 474. The van der Waals surface area contributed by atoms with Gasteiger partial charge in [-0.3, -0.25) is 0 Å². The van der Waals surface area contributed by atoms with Crippen LogP contribution in [0.4, 0.5) is 0 Å². The molecule has 2 rings (SSSR count). The van der Waals surface area contributed by atoms with Gasteiger partial charge in [0.1, 0.15) is 6.10 Å². The molecular formula is C15H13CsO3. The molecule has 2 aromatic rings. The first kappa shape index (κ1) is 17.0. The molecular weight excluding hydrogens is 361 g/mol. The zero-order valence-corrected chi connectivity index (χ0v) is 17.0. The number of hydrogen-bond acceptors (Lipinski definition) is 3. The molecule has 0 fully saturated rings. The number of benzene rings is 2. The first-order chi connectivity index (χ1) is 8.70. The van der Waals surface area contributed by atoms with Crippen molar-refractivity contribution in [2.24, 2.45) is 0 Å². The Morgan fingerprint density at radius 2 is 1.26 bits per heavy atom. The van der Waals surface area contributed by atoms with Gasteiger partial charge in [-0.15, -0.1) is 0 Å². The number of hydrogen-bond donors (Lipinski definition) is 1. The van der Waals surface area contributed by atoms with E-state index in [1.165, 1.54) is 0 Å². The topological polar surface area (TPSA) is 60.4 Å². The minimum atomic E-state index is -1.56. The van der Waals surface area contributed by atoms with E-state index in [0.717, 1.165) is 11.1 Å². The van der Waals surface area contributed by atoms with Gasteiger partial charge in [0.2, 0.25) is 0 Å². The fourth-order valence-corrected chi connectivity index (χ4v) is 2.01. The zero-order chi connectivity index (χ0) is 13.0. The molecule has 0 saturated heterocycles. The van der Waals surface area contributed by atoms with Crippen molar-refractivity contribution >= 4 is 5.97 Å². The summed E-state index contributed by atoms with van der Waals surface area (Å²) < 4.78 is 0. The van der Waals surface area contributed by atoms with Gasteiger partial charge in [0.05, 0.1) is 5.97 Å². The monoisotopic (exact) mass is 374 g/mol. The summed E-state index contributed by atoms with van der Waals surface area (Å²) in [4.78, 5) is 10.9. The van der Waals surface area contributed by atoms with Crippen LogP contribution in [-0.2, 0) is 4.79 Å². The zero-order valence-electron chi connectivity index (χ0n) is 10.7. The molecule has 0 aliphatic carbocycles. The summed E-state index contributed by atoms with van der Waals surface area (Å²) in [5, 5.41) is 20.8. The number of carbonyl (C=O) groups excluding carboxylic acids is 1. The fraction of sp³-hybridized carbons (Fsp3) is 0.133. The van der Waals surface area contributed by atoms with Crippen molar-refractivity contribution in [3.8, 4) is 0 Å². The summed E-state index contributed by atoms with van der Waals surface area (Å²) in [5.74, 6) is -2.08. The van der Waals surface area contributed by atoms with Crippen molar-refractivity contribution in [1.82, 2.24) is 0 Å². The molecule has 3 nitrogen and oxygen atoms in total. The van der Waals surface area contributed by atoms with E-state index in [9.17, 15) is 15.0 Å². The Morgan fingerprint density at radius 1 is 0.895 bits per heavy atom. The van der Waals surface area contributed by atoms with Gasteiger partial charge >= 0.3 is 68.9 Å². The van der Waals surface area contributed by atoms with Gasteiger partial charge in [-0.2, -0.15) is 0 Å². The molecule has 1 N–H and O–H groups in total. The van der Waals surface area contributed by atoms with Crippen LogP contribution in [-0.4, -0.2) is 17.2 Å². The van der Waals surface area contributed by atoms with Gasteiger partial charge in [-0.05, 0) is 11.1 Å². The van der Waals surface area contributed by atoms with Gasteiger partial charge in [-0.25, -0.2) is 0 Å². The number of aliphatic hydroxyl groups excluding tert-OH is 1. The first-order valence-electron chi connectivity index (χ1n) is 5.69. The van der Waals surface area contributed by atoms with Gasteiger partial charge in [0.15, 0.2) is 0 Å². The number of aliphatic carboxylic acids is 1. The number of aliphatic hydroxyl groups is 1. The maximum absolute atomic E-state index is 10.9. The quantitative estimate of drug-likeness (QED) is 0.670. The Labute approximate surface area is 171 Å². The van der Waals surface area contributed by atoms with Crippen molar-refractivity contribution in [3.05, 3.63) is 71.8 Å². The predicted molar refractivity (Wildman–Crippen MR) is 65.7 cm³/mol. The fourth-order valence-electron chi connectivity index (χ4n) is 2.01. The first-order valence-corrected chi connectivity index (χ1v) is 5.69. The molecule has 0 aliphatic rings. The van der Waals surface area contributed by atoms with Crippen LogP contribution in [0.15, 0.2) is 60.7 Å². The molecule has 0 aliphatic heterocycles. The summed E-state index contributed by atoms with van der Waals surface area (Å²) >= 11 is 0. The second-order valence-electron chi connectivity index (χ2n) is 4.06. The molecule has 0 heterocycles. The Morgan fingerprint density at radius 3 is 1.58 bits per heavy atom. The number of carbonyl (C=O) groups is 1. The predicted octanol–water partition coefficient (Wildman–Crippen LogP) is -2.07. The third-order valence-electron chi connectivity index (χ3n) is 2.87. The molecule has 1 atom stereocenters. The molecule has 4 heteroatoms. The molecule has 0 spiro atoms. The molecule has 2 aromatic carbocycles. The van der Waals surface area contributed by atoms with E-state index >= 15 is 0 Å². The average molecular weight is 374 g/mol. The second-order valence-corrected chi connectivity index (χ2v) is 4.06. The van der Waals surface area contributed by atoms with E-state index in [0.29, 0.717) is 0 Å². The largest absolute Gasteiger partial charge is 1.00 e. The van der Waals surface area contributed by atoms with Crippen LogP contribution >= 0.6 is 0 Å². The molecule has 0 aromatic heterocycles. The maximum atomic E-state index is 10.9. The number of rotatable bonds is 4. The number of carboxylic acids is 1. The summed E-state index contributed by atoms with van der Waals surface area (Å²) in [5.41, 5.74) is 1.50. The van der Waals surface area contributed by atoms with Crippen molar-refractivity contribution in [2.75, 3.05) is 0 Å². The molecule has 0 saturated carbocycles. The van der Waals surface area contributed by atoms with Crippen LogP contribution in [0.5, 0.6) is 0 Å². The Kier molecular flexibility index (Phi) is 7.38. The van der Waals surface area contributed by atoms with Crippen LogP contribution in [0.25, 0.3) is 0 Å². The van der Waals surface area contributed by atoms with E-state index in [-0.39, 0.29) is 68.9 Å². The van der Waals surface area contributed by atoms with Crippen molar-refractivity contribution in [3.63, 3.8) is 0 Å². The SMILES string of the molecule is O=C([O-])[C@@H](O)C(c1ccccc1)c1ccccc1.[Cs+]. The minimum Gasteiger partial charge on any atom is -0.547 e. The second kappa shape index (κ2) is 8.26. The van der Waals surface area contributed by atoms with Gasteiger partial charge < -0.3 is 15.0 Å². The van der Waals surface area contributed by atoms with Crippen LogP contribution in [0.3, 0.4) is 0 Å². The Hall–Kier alpha value is -0.0781. The summed E-state index contributed by atoms with van der Waals surface area (Å²) in [6, 6.07) is 18.1. The molecule has 92 valence electrons. The summed E-state index contributed by atoms with van der Waals surface area (Å²) in [7, 11) is 0. The maximum Gasteiger partial charge on any atom is 1.00 e. The van der Waals surface area contributed by atoms with E-state index in [2.05, 4.69) is 0 Å². The van der Waals surface area contributed by atoms with Crippen LogP contribution in [0.1, 0.15) is 17.0 Å². The molecule has 0 unspecified atom stereocenters. The summed E-state index contributed by atoms with van der Waals surface area (Å²) in [6.45, 7) is 0. The van der Waals surface area contributed by atoms with E-state index in [1.54, 1.807) is 24.3 Å². The molecule has 19 heavy (non-hydrogen) atoms. The van der Waals surface area contributed by atoms with Crippen LogP contribution in [0, 0.1) is 0 Å². The van der Waals surface area contributed by atoms with E-state index in [4.69, 9.17) is 0 Å². The third-order valence-corrected chi connectivity index (χ3v) is 2.87. The van der Waals surface area contributed by atoms with Crippen molar-refractivity contribution < 1.29 is 83.9 Å². The summed E-state index contributed by atoms with van der Waals surface area (Å²) in [6.07, 6.45) is -1.56. The minimum absolute atomic E-state index is 0. The van der Waals surface area contributed by atoms with Crippen LogP contribution < -0.4 is 74.0 Å². The third kappa shape index (κ3) is 4.46. The van der Waals surface area contributed by atoms with Gasteiger partial charge in [-0.1, -0.05) is 60.7 Å². The van der Waals surface area contributed by atoms with Crippen LogP contribution in [0.2, 0.25) is 0 Å². The normalized spacial score (nSPS) is 11.7. The smallest absolute Gasteiger partial charge is 0.547 e. The van der Waals surface area contributed by atoms with Gasteiger partial charge in [0, 0.05) is 5.92 Å². The molecule has 0 bridgehead atoms. The average Bonchev–Trinajstić information content (AvgIpc) is 2.41. The molecule has 0 amide bonds. The van der Waals surface area contributed by atoms with E-state index < -0.39 is 18.0 Å². The van der Waals surface area contributed by atoms with E-state index in [1.807, 2.05) is 36.4 Å². The van der Waals surface area contributed by atoms with Gasteiger partial charge in [0.25, 0.3) is 0 Å².